The Kier molecular flexibility index (Phi) is 10.4. The van der Waals surface area contributed by atoms with Gasteiger partial charge in [-0.25, -0.2) is 0 Å². The van der Waals surface area contributed by atoms with Gasteiger partial charge in [-0.1, -0.05) is 24.3 Å². The molecule has 2 aromatic carbocycles. The minimum atomic E-state index is 0. The summed E-state index contributed by atoms with van der Waals surface area (Å²) in [5.41, 5.74) is 4.72. The van der Waals surface area contributed by atoms with Gasteiger partial charge in [0.2, 0.25) is 0 Å². The first-order valence-electron chi connectivity index (χ1n) is 10.6. The Balaban J connectivity index is 0.00000341. The summed E-state index contributed by atoms with van der Waals surface area (Å²) in [7, 11) is 5.88. The smallest absolute Gasteiger partial charge is 0.191 e. The van der Waals surface area contributed by atoms with E-state index in [1.54, 1.807) is 7.05 Å². The van der Waals surface area contributed by atoms with E-state index in [-0.39, 0.29) is 24.0 Å². The molecule has 2 N–H and O–H groups in total. The molecular weight excluding hydrogens is 503 g/mol. The Labute approximate surface area is 203 Å². The van der Waals surface area contributed by atoms with Crippen LogP contribution < -0.4 is 20.3 Å². The van der Waals surface area contributed by atoms with Crippen LogP contribution in [-0.2, 0) is 17.8 Å². The van der Waals surface area contributed by atoms with Crippen LogP contribution in [0.2, 0.25) is 0 Å². The third-order valence-corrected chi connectivity index (χ3v) is 5.30. The van der Waals surface area contributed by atoms with Crippen molar-refractivity contribution in [3.8, 4) is 5.75 Å². The van der Waals surface area contributed by atoms with Crippen molar-refractivity contribution in [3.05, 3.63) is 59.2 Å². The average Bonchev–Trinajstić information content (AvgIpc) is 3.27. The molecule has 0 saturated carbocycles. The second-order valence-electron chi connectivity index (χ2n) is 7.99. The van der Waals surface area contributed by atoms with Crippen molar-refractivity contribution in [2.75, 3.05) is 45.9 Å². The molecule has 0 bridgehead atoms. The summed E-state index contributed by atoms with van der Waals surface area (Å²) in [6.07, 6.45) is 1.07. The van der Waals surface area contributed by atoms with E-state index in [1.165, 1.54) is 16.8 Å². The predicted octanol–water partition coefficient (Wildman–Crippen LogP) is 3.96. The number of rotatable bonds is 8. The van der Waals surface area contributed by atoms with E-state index in [2.05, 4.69) is 69.9 Å². The highest BCUT2D eigenvalue weighted by Crippen LogP contribution is 2.22. The van der Waals surface area contributed by atoms with Crippen LogP contribution in [-0.4, -0.2) is 46.9 Å². The summed E-state index contributed by atoms with van der Waals surface area (Å²) < 4.78 is 11.6. The maximum Gasteiger partial charge on any atom is 0.191 e. The van der Waals surface area contributed by atoms with Crippen LogP contribution in [0.3, 0.4) is 0 Å². The number of hydrogen-bond donors (Lipinski definition) is 2. The Morgan fingerprint density at radius 3 is 2.52 bits per heavy atom. The Bertz CT molecular complexity index is 834. The Morgan fingerprint density at radius 1 is 1.13 bits per heavy atom. The fourth-order valence-electron chi connectivity index (χ4n) is 3.36. The highest BCUT2D eigenvalue weighted by atomic mass is 127. The van der Waals surface area contributed by atoms with Crippen LogP contribution in [0.1, 0.15) is 23.1 Å². The number of aryl methyl sites for hydroxylation is 1. The molecule has 2 aromatic rings. The molecule has 1 saturated heterocycles. The summed E-state index contributed by atoms with van der Waals surface area (Å²) in [6.45, 7) is 5.79. The number of nitrogens with zero attached hydrogens (tertiary/aromatic N) is 2. The molecule has 0 radical (unpaired) electrons. The maximum absolute atomic E-state index is 6.14. The molecule has 31 heavy (non-hydrogen) atoms. The normalized spacial score (nSPS) is 15.9. The van der Waals surface area contributed by atoms with Crippen molar-refractivity contribution >= 4 is 35.6 Å². The minimum absolute atomic E-state index is 0. The van der Waals surface area contributed by atoms with E-state index in [9.17, 15) is 0 Å². The SMILES string of the molecule is CN=C(NCc1ccc(N(C)C)cc1)NCc1ccc(C)cc1OCC1CCOC1.I. The van der Waals surface area contributed by atoms with Crippen molar-refractivity contribution < 1.29 is 9.47 Å². The molecule has 1 aliphatic heterocycles. The standard InChI is InChI=1S/C24H34N4O2.HI/c1-18-5-8-21(23(13-18)30-17-20-11-12-29-16-20)15-27-24(25-2)26-14-19-6-9-22(10-7-19)28(3)4;/h5-10,13,20H,11-12,14-17H2,1-4H3,(H2,25,26,27);1H. The molecule has 0 aliphatic carbocycles. The van der Waals surface area contributed by atoms with Crippen molar-refractivity contribution in [2.24, 2.45) is 10.9 Å². The highest BCUT2D eigenvalue weighted by Gasteiger charge is 2.17. The Morgan fingerprint density at radius 2 is 1.87 bits per heavy atom. The number of anilines is 1. The van der Waals surface area contributed by atoms with Gasteiger partial charge in [0, 0.05) is 58.0 Å². The first-order valence-corrected chi connectivity index (χ1v) is 10.6. The predicted molar refractivity (Wildman–Crippen MR) is 139 cm³/mol. The van der Waals surface area contributed by atoms with Crippen LogP contribution >= 0.6 is 24.0 Å². The first-order chi connectivity index (χ1) is 14.5. The van der Waals surface area contributed by atoms with Crippen LogP contribution in [0.5, 0.6) is 5.75 Å². The molecule has 0 spiro atoms. The second kappa shape index (κ2) is 12.8. The van der Waals surface area contributed by atoms with Crippen LogP contribution in [0.15, 0.2) is 47.5 Å². The van der Waals surface area contributed by atoms with E-state index >= 15 is 0 Å². The molecule has 7 heteroatoms. The number of guanidine groups is 1. The number of aliphatic imine (C=N–C) groups is 1. The molecule has 1 atom stereocenters. The molecule has 1 heterocycles. The van der Waals surface area contributed by atoms with Crippen molar-refractivity contribution in [1.82, 2.24) is 10.6 Å². The van der Waals surface area contributed by atoms with E-state index in [0.717, 1.165) is 36.9 Å². The summed E-state index contributed by atoms with van der Waals surface area (Å²) in [4.78, 5) is 6.44. The van der Waals surface area contributed by atoms with Gasteiger partial charge in [0.05, 0.1) is 13.2 Å². The molecule has 3 rings (SSSR count). The van der Waals surface area contributed by atoms with Crippen molar-refractivity contribution in [3.63, 3.8) is 0 Å². The van der Waals surface area contributed by atoms with Gasteiger partial charge in [0.15, 0.2) is 5.96 Å². The van der Waals surface area contributed by atoms with Crippen molar-refractivity contribution in [1.29, 1.82) is 0 Å². The molecule has 6 nitrogen and oxygen atoms in total. The molecule has 1 aliphatic rings. The lowest BCUT2D eigenvalue weighted by molar-refractivity contribution is 0.166. The van der Waals surface area contributed by atoms with Gasteiger partial charge in [-0.05, 0) is 42.7 Å². The largest absolute Gasteiger partial charge is 0.493 e. The second-order valence-corrected chi connectivity index (χ2v) is 7.99. The highest BCUT2D eigenvalue weighted by molar-refractivity contribution is 14.0. The number of nitrogens with one attached hydrogen (secondary N) is 2. The van der Waals surface area contributed by atoms with E-state index < -0.39 is 0 Å². The van der Waals surface area contributed by atoms with E-state index in [0.29, 0.717) is 25.6 Å². The molecule has 0 aromatic heterocycles. The summed E-state index contributed by atoms with van der Waals surface area (Å²) in [6, 6.07) is 14.9. The third-order valence-electron chi connectivity index (χ3n) is 5.30. The number of ether oxygens (including phenoxy) is 2. The zero-order valence-corrected chi connectivity index (χ0v) is 21.3. The van der Waals surface area contributed by atoms with Gasteiger partial charge in [0.1, 0.15) is 5.75 Å². The van der Waals surface area contributed by atoms with Gasteiger partial charge in [-0.3, -0.25) is 4.99 Å². The zero-order valence-electron chi connectivity index (χ0n) is 19.0. The topological polar surface area (TPSA) is 58.1 Å². The minimum Gasteiger partial charge on any atom is -0.493 e. The molecule has 1 fully saturated rings. The summed E-state index contributed by atoms with van der Waals surface area (Å²) in [5, 5.41) is 6.78. The average molecular weight is 538 g/mol. The maximum atomic E-state index is 6.14. The fraction of sp³-hybridized carbons (Fsp3) is 0.458. The monoisotopic (exact) mass is 538 g/mol. The van der Waals surface area contributed by atoms with Crippen LogP contribution in [0.4, 0.5) is 5.69 Å². The van der Waals surface area contributed by atoms with Crippen molar-refractivity contribution in [2.45, 2.75) is 26.4 Å². The van der Waals surface area contributed by atoms with E-state index in [1.807, 2.05) is 14.1 Å². The molecular formula is C24H35IN4O2. The number of hydrogen-bond acceptors (Lipinski definition) is 4. The molecule has 0 amide bonds. The van der Waals surface area contributed by atoms with Crippen LogP contribution in [0, 0.1) is 12.8 Å². The van der Waals surface area contributed by atoms with Gasteiger partial charge in [-0.15, -0.1) is 24.0 Å². The zero-order chi connectivity index (χ0) is 21.3. The lowest BCUT2D eigenvalue weighted by atomic mass is 10.1. The lowest BCUT2D eigenvalue weighted by Gasteiger charge is -2.17. The Hall–Kier alpha value is -2.00. The van der Waals surface area contributed by atoms with Gasteiger partial charge in [-0.2, -0.15) is 0 Å². The van der Waals surface area contributed by atoms with Crippen LogP contribution in [0.25, 0.3) is 0 Å². The summed E-state index contributed by atoms with van der Waals surface area (Å²) >= 11 is 0. The third kappa shape index (κ3) is 7.88. The molecule has 1 unspecified atom stereocenters. The quantitative estimate of drug-likeness (QED) is 0.303. The number of halogens is 1. The lowest BCUT2D eigenvalue weighted by Crippen LogP contribution is -2.36. The van der Waals surface area contributed by atoms with Gasteiger partial charge >= 0.3 is 0 Å². The first kappa shape index (κ1) is 25.3. The van der Waals surface area contributed by atoms with Gasteiger partial charge < -0.3 is 25.0 Å². The fourth-order valence-corrected chi connectivity index (χ4v) is 3.36. The van der Waals surface area contributed by atoms with Gasteiger partial charge in [0.25, 0.3) is 0 Å². The molecule has 170 valence electrons. The number of benzene rings is 2. The van der Waals surface area contributed by atoms with E-state index in [4.69, 9.17) is 9.47 Å². The summed E-state index contributed by atoms with van der Waals surface area (Å²) in [5.74, 6) is 2.19.